The average molecular weight is 350 g/mol. The lowest BCUT2D eigenvalue weighted by molar-refractivity contribution is 0.123. The highest BCUT2D eigenvalue weighted by Gasteiger charge is 2.12. The number of nitrogens with zero attached hydrogens (tertiary/aromatic N) is 2. The third kappa shape index (κ3) is 4.26. The number of unbranched alkanes of at least 4 members (excludes halogenated alkanes) is 1. The van der Waals surface area contributed by atoms with Gasteiger partial charge in [0.15, 0.2) is 0 Å². The van der Waals surface area contributed by atoms with Gasteiger partial charge in [-0.25, -0.2) is 4.98 Å². The number of aromatic nitrogens is 2. The first-order valence-corrected chi connectivity index (χ1v) is 8.44. The van der Waals surface area contributed by atoms with E-state index in [4.69, 9.17) is 39.5 Å². The Morgan fingerprint density at radius 1 is 1.19 bits per heavy atom. The van der Waals surface area contributed by atoms with Crippen molar-refractivity contribution in [3.63, 3.8) is 0 Å². The smallest absolute Gasteiger partial charge is 0.111 e. The molecule has 0 atom stereocenters. The number of ether oxygens (including phenoxy) is 1. The molecule has 116 valence electrons. The summed E-state index contributed by atoms with van der Waals surface area (Å²) in [4.78, 5) is 4.60. The SMILES string of the molecule is CCCCOCCn1c(CCCl)nc2cc(Cl)c(Cl)cc21. The molecule has 0 aliphatic carbocycles. The highest BCUT2D eigenvalue weighted by Crippen LogP contribution is 2.28. The van der Waals surface area contributed by atoms with E-state index in [1.165, 1.54) is 0 Å². The second-order valence-corrected chi connectivity index (χ2v) is 6.03. The molecule has 0 unspecified atom stereocenters. The van der Waals surface area contributed by atoms with Gasteiger partial charge in [-0.15, -0.1) is 11.6 Å². The first kappa shape index (κ1) is 16.9. The fraction of sp³-hybridized carbons (Fsp3) is 0.533. The van der Waals surface area contributed by atoms with Gasteiger partial charge in [0.2, 0.25) is 0 Å². The van der Waals surface area contributed by atoms with Crippen LogP contribution >= 0.6 is 34.8 Å². The molecular weight excluding hydrogens is 331 g/mol. The maximum absolute atomic E-state index is 6.12. The zero-order valence-corrected chi connectivity index (χ0v) is 14.3. The van der Waals surface area contributed by atoms with Gasteiger partial charge in [0.25, 0.3) is 0 Å². The summed E-state index contributed by atoms with van der Waals surface area (Å²) in [5.74, 6) is 1.47. The summed E-state index contributed by atoms with van der Waals surface area (Å²) in [6.45, 7) is 4.34. The molecule has 1 aromatic heterocycles. The zero-order valence-electron chi connectivity index (χ0n) is 12.0. The number of fused-ring (bicyclic) bond motifs is 1. The molecule has 21 heavy (non-hydrogen) atoms. The molecule has 2 aromatic rings. The molecule has 0 saturated carbocycles. The Kier molecular flexibility index (Phi) is 6.62. The number of halogens is 3. The third-order valence-corrected chi connectivity index (χ3v) is 4.20. The minimum absolute atomic E-state index is 0.519. The summed E-state index contributed by atoms with van der Waals surface area (Å²) >= 11 is 18.0. The van der Waals surface area contributed by atoms with Crippen LogP contribution in [0.4, 0.5) is 0 Å². The van der Waals surface area contributed by atoms with Gasteiger partial charge in [-0.1, -0.05) is 36.5 Å². The van der Waals surface area contributed by atoms with Crippen LogP contribution in [0, 0.1) is 0 Å². The molecule has 6 heteroatoms. The number of benzene rings is 1. The van der Waals surface area contributed by atoms with Gasteiger partial charge in [0.1, 0.15) is 5.82 Å². The Morgan fingerprint density at radius 2 is 1.95 bits per heavy atom. The molecule has 0 N–H and O–H groups in total. The quantitative estimate of drug-likeness (QED) is 0.498. The standard InChI is InChI=1S/C15H19Cl3N2O/c1-2-3-7-21-8-6-20-14-10-12(18)11(17)9-13(14)19-15(20)4-5-16/h9-10H,2-8H2,1H3. The van der Waals surface area contributed by atoms with Gasteiger partial charge in [-0.05, 0) is 18.6 Å². The van der Waals surface area contributed by atoms with Crippen LogP contribution < -0.4 is 0 Å². The Bertz CT molecular complexity index is 598. The van der Waals surface area contributed by atoms with Crippen LogP contribution in [-0.4, -0.2) is 28.6 Å². The van der Waals surface area contributed by atoms with Crippen LogP contribution in [0.3, 0.4) is 0 Å². The van der Waals surface area contributed by atoms with Crippen molar-refractivity contribution in [3.05, 3.63) is 28.0 Å². The van der Waals surface area contributed by atoms with Crippen LogP contribution in [0.15, 0.2) is 12.1 Å². The topological polar surface area (TPSA) is 27.1 Å². The molecule has 0 saturated heterocycles. The summed E-state index contributed by atoms with van der Waals surface area (Å²) in [6, 6.07) is 3.65. The van der Waals surface area contributed by atoms with Crippen LogP contribution in [0.5, 0.6) is 0 Å². The van der Waals surface area contributed by atoms with Gasteiger partial charge in [0, 0.05) is 25.5 Å². The minimum Gasteiger partial charge on any atom is -0.380 e. The Balaban J connectivity index is 2.21. The van der Waals surface area contributed by atoms with Gasteiger partial charge < -0.3 is 9.30 Å². The molecule has 0 bridgehead atoms. The largest absolute Gasteiger partial charge is 0.380 e. The molecule has 0 radical (unpaired) electrons. The number of hydrogen-bond acceptors (Lipinski definition) is 2. The van der Waals surface area contributed by atoms with Crippen LogP contribution in [0.25, 0.3) is 11.0 Å². The first-order chi connectivity index (χ1) is 10.2. The van der Waals surface area contributed by atoms with Crippen molar-refractivity contribution in [3.8, 4) is 0 Å². The number of imidazole rings is 1. The number of rotatable bonds is 8. The zero-order chi connectivity index (χ0) is 15.2. The van der Waals surface area contributed by atoms with E-state index in [9.17, 15) is 0 Å². The fourth-order valence-electron chi connectivity index (χ4n) is 2.20. The normalized spacial score (nSPS) is 11.4. The van der Waals surface area contributed by atoms with Gasteiger partial charge in [-0.3, -0.25) is 0 Å². The van der Waals surface area contributed by atoms with Crippen LogP contribution in [0.1, 0.15) is 25.6 Å². The van der Waals surface area contributed by atoms with E-state index in [2.05, 4.69) is 16.5 Å². The molecular formula is C15H19Cl3N2O. The first-order valence-electron chi connectivity index (χ1n) is 7.15. The number of alkyl halides is 1. The summed E-state index contributed by atoms with van der Waals surface area (Å²) < 4.78 is 7.76. The molecule has 1 heterocycles. The van der Waals surface area contributed by atoms with E-state index < -0.39 is 0 Å². The maximum Gasteiger partial charge on any atom is 0.111 e. The fourth-order valence-corrected chi connectivity index (χ4v) is 2.68. The monoisotopic (exact) mass is 348 g/mol. The average Bonchev–Trinajstić information content (AvgIpc) is 2.77. The summed E-state index contributed by atoms with van der Waals surface area (Å²) in [7, 11) is 0. The second-order valence-electron chi connectivity index (χ2n) is 4.84. The van der Waals surface area contributed by atoms with Crippen molar-refractivity contribution < 1.29 is 4.74 Å². The van der Waals surface area contributed by atoms with Crippen molar-refractivity contribution in [2.45, 2.75) is 32.7 Å². The summed E-state index contributed by atoms with van der Waals surface area (Å²) in [6.07, 6.45) is 2.93. The van der Waals surface area contributed by atoms with Crippen molar-refractivity contribution >= 4 is 45.8 Å². The highest BCUT2D eigenvalue weighted by atomic mass is 35.5. The molecule has 1 aromatic carbocycles. The second kappa shape index (κ2) is 8.23. The molecule has 2 rings (SSSR count). The van der Waals surface area contributed by atoms with Crippen LogP contribution in [0.2, 0.25) is 10.0 Å². The maximum atomic E-state index is 6.12. The van der Waals surface area contributed by atoms with E-state index in [-0.39, 0.29) is 0 Å². The molecule has 0 aliphatic heterocycles. The molecule has 3 nitrogen and oxygen atoms in total. The Hall–Kier alpha value is -0.480. The van der Waals surface area contributed by atoms with E-state index >= 15 is 0 Å². The minimum atomic E-state index is 0.519. The molecule has 0 fully saturated rings. The van der Waals surface area contributed by atoms with Gasteiger partial charge >= 0.3 is 0 Å². The Labute approximate surface area is 140 Å². The third-order valence-electron chi connectivity index (χ3n) is 3.29. The predicted octanol–water partition coefficient (Wildman–Crippen LogP) is 4.94. The van der Waals surface area contributed by atoms with Gasteiger partial charge in [0.05, 0.1) is 27.7 Å². The molecule has 0 aliphatic rings. The van der Waals surface area contributed by atoms with Crippen molar-refractivity contribution in [2.24, 2.45) is 0 Å². The van der Waals surface area contributed by atoms with E-state index in [0.717, 1.165) is 42.9 Å². The summed E-state index contributed by atoms with van der Waals surface area (Å²) in [5, 5.41) is 1.06. The van der Waals surface area contributed by atoms with Gasteiger partial charge in [-0.2, -0.15) is 0 Å². The van der Waals surface area contributed by atoms with Crippen molar-refractivity contribution in [2.75, 3.05) is 19.1 Å². The van der Waals surface area contributed by atoms with E-state index in [1.807, 2.05) is 6.07 Å². The lowest BCUT2D eigenvalue weighted by atomic mass is 10.3. The lowest BCUT2D eigenvalue weighted by Gasteiger charge is -2.09. The van der Waals surface area contributed by atoms with Crippen molar-refractivity contribution in [1.29, 1.82) is 0 Å². The lowest BCUT2D eigenvalue weighted by Crippen LogP contribution is -2.10. The van der Waals surface area contributed by atoms with E-state index in [0.29, 0.717) is 29.0 Å². The number of hydrogen-bond donors (Lipinski definition) is 0. The summed E-state index contributed by atoms with van der Waals surface area (Å²) in [5.41, 5.74) is 1.82. The molecule has 0 amide bonds. The van der Waals surface area contributed by atoms with Crippen molar-refractivity contribution in [1.82, 2.24) is 9.55 Å². The number of aryl methyl sites for hydroxylation is 1. The molecule has 0 spiro atoms. The predicted molar refractivity (Wildman–Crippen MR) is 89.9 cm³/mol. The van der Waals surface area contributed by atoms with E-state index in [1.54, 1.807) is 6.07 Å². The van der Waals surface area contributed by atoms with Crippen LogP contribution in [-0.2, 0) is 17.7 Å². The Morgan fingerprint density at radius 3 is 2.67 bits per heavy atom. The highest BCUT2D eigenvalue weighted by molar-refractivity contribution is 6.42.